The Morgan fingerprint density at radius 2 is 1.82 bits per heavy atom. The highest BCUT2D eigenvalue weighted by Crippen LogP contribution is 2.29. The van der Waals surface area contributed by atoms with Crippen LogP contribution in [0.2, 0.25) is 0 Å². The monoisotopic (exact) mass is 526 g/mol. The average Bonchev–Trinajstić information content (AvgIpc) is 3.35. The van der Waals surface area contributed by atoms with Crippen LogP contribution in [0.3, 0.4) is 0 Å². The van der Waals surface area contributed by atoms with Crippen LogP contribution in [0.4, 0.5) is 17.6 Å². The molecule has 1 fully saturated rings. The van der Waals surface area contributed by atoms with Crippen molar-refractivity contribution in [3.8, 4) is 11.8 Å². The van der Waals surface area contributed by atoms with E-state index >= 15 is 0 Å². The van der Waals surface area contributed by atoms with Crippen molar-refractivity contribution < 1.29 is 19.3 Å². The van der Waals surface area contributed by atoms with Gasteiger partial charge in [0.15, 0.2) is 0 Å². The van der Waals surface area contributed by atoms with Gasteiger partial charge in [-0.15, -0.1) is 0 Å². The maximum Gasteiger partial charge on any atom is 0.323 e. The number of methoxy groups -OCH3 is 1. The number of benzene rings is 3. The fourth-order valence-corrected chi connectivity index (χ4v) is 4.76. The number of fused-ring (bicyclic) bond motifs is 3. The van der Waals surface area contributed by atoms with Gasteiger partial charge in [-0.05, 0) is 35.9 Å². The maximum atomic E-state index is 9.47. The van der Waals surface area contributed by atoms with Crippen molar-refractivity contribution in [2.24, 2.45) is 0 Å². The molecule has 0 bridgehead atoms. The first-order chi connectivity index (χ1) is 19.2. The predicted octanol–water partition coefficient (Wildman–Crippen LogP) is 4.21. The molecule has 1 aliphatic heterocycles. The lowest BCUT2D eigenvalue weighted by molar-refractivity contribution is 0.122. The molecule has 1 aliphatic rings. The first kappa shape index (κ1) is 24.9. The van der Waals surface area contributed by atoms with Crippen LogP contribution >= 0.6 is 0 Å². The molecule has 0 aliphatic carbocycles. The third kappa shape index (κ3) is 5.43. The van der Waals surface area contributed by atoms with Gasteiger partial charge >= 0.3 is 6.01 Å². The van der Waals surface area contributed by atoms with Crippen molar-refractivity contribution in [3.05, 3.63) is 71.8 Å². The Hall–Kier alpha value is -4.41. The second-order valence-corrected chi connectivity index (χ2v) is 9.30. The van der Waals surface area contributed by atoms with E-state index in [0.29, 0.717) is 57.0 Å². The first-order valence-electron chi connectivity index (χ1n) is 13.0. The van der Waals surface area contributed by atoms with Crippen LogP contribution in [-0.4, -0.2) is 65.1 Å². The molecule has 39 heavy (non-hydrogen) atoms. The second-order valence-electron chi connectivity index (χ2n) is 9.30. The van der Waals surface area contributed by atoms with Gasteiger partial charge in [0.2, 0.25) is 11.9 Å². The standard InChI is InChI=1S/C29H30N6O4/c1-37-26-16-19(6-7-20(26)18-36)10-13-39-29-33-27(32-28(34-29)35-11-14-38-15-12-35)30-21-8-9-25-23(17-21)22-4-2-3-5-24(22)31-25/h2-9,16-17,31,36H,10-15,18H2,1H3,(H,30,32,33,34). The Bertz CT molecular complexity index is 1600. The van der Waals surface area contributed by atoms with Crippen molar-refractivity contribution >= 4 is 39.4 Å². The molecular formula is C29H30N6O4. The molecule has 0 spiro atoms. The van der Waals surface area contributed by atoms with Crippen molar-refractivity contribution in [2.75, 3.05) is 50.2 Å². The van der Waals surface area contributed by atoms with Gasteiger partial charge < -0.3 is 34.5 Å². The third-order valence-corrected chi connectivity index (χ3v) is 6.80. The van der Waals surface area contributed by atoms with Crippen LogP contribution in [-0.2, 0) is 17.8 Å². The molecule has 10 heteroatoms. The maximum absolute atomic E-state index is 9.47. The third-order valence-electron chi connectivity index (χ3n) is 6.80. The molecule has 0 amide bonds. The number of rotatable bonds is 9. The Morgan fingerprint density at radius 3 is 2.67 bits per heavy atom. The van der Waals surface area contributed by atoms with Gasteiger partial charge in [0, 0.05) is 52.6 Å². The van der Waals surface area contributed by atoms with E-state index in [4.69, 9.17) is 19.2 Å². The summed E-state index contributed by atoms with van der Waals surface area (Å²) >= 11 is 0. The lowest BCUT2D eigenvalue weighted by Gasteiger charge is -2.27. The fraction of sp³-hybridized carbons (Fsp3) is 0.276. The van der Waals surface area contributed by atoms with Gasteiger partial charge in [-0.1, -0.05) is 30.3 Å². The Labute approximate surface area is 225 Å². The summed E-state index contributed by atoms with van der Waals surface area (Å²) in [6, 6.07) is 20.4. The van der Waals surface area contributed by atoms with Gasteiger partial charge in [-0.25, -0.2) is 0 Å². The van der Waals surface area contributed by atoms with E-state index in [1.54, 1.807) is 7.11 Å². The zero-order chi connectivity index (χ0) is 26.6. The average molecular weight is 527 g/mol. The fourth-order valence-electron chi connectivity index (χ4n) is 4.76. The number of ether oxygens (including phenoxy) is 3. The number of aliphatic hydroxyl groups excluding tert-OH is 1. The number of aliphatic hydroxyl groups is 1. The highest BCUT2D eigenvalue weighted by atomic mass is 16.5. The molecule has 0 saturated carbocycles. The normalized spacial score (nSPS) is 13.6. The minimum Gasteiger partial charge on any atom is -0.496 e. The highest BCUT2D eigenvalue weighted by Gasteiger charge is 2.18. The Balaban J connectivity index is 1.24. The number of nitrogens with one attached hydrogen (secondary N) is 2. The molecule has 0 radical (unpaired) electrons. The molecule has 6 rings (SSSR count). The number of hydrogen-bond donors (Lipinski definition) is 3. The van der Waals surface area contributed by atoms with E-state index in [1.807, 2.05) is 36.4 Å². The van der Waals surface area contributed by atoms with Gasteiger partial charge in [0.25, 0.3) is 0 Å². The SMILES string of the molecule is COc1cc(CCOc2nc(Nc3ccc4[nH]c5ccccc5c4c3)nc(N3CCOCC3)n2)ccc1CO. The van der Waals surface area contributed by atoms with Crippen LogP contribution in [0, 0.1) is 0 Å². The van der Waals surface area contributed by atoms with Gasteiger partial charge in [-0.3, -0.25) is 0 Å². The van der Waals surface area contributed by atoms with Crippen LogP contribution in [0.25, 0.3) is 21.8 Å². The lowest BCUT2D eigenvalue weighted by Crippen LogP contribution is -2.37. The summed E-state index contributed by atoms with van der Waals surface area (Å²) in [6.07, 6.45) is 0.626. The molecule has 2 aromatic heterocycles. The summed E-state index contributed by atoms with van der Waals surface area (Å²) in [6.45, 7) is 2.93. The summed E-state index contributed by atoms with van der Waals surface area (Å²) in [4.78, 5) is 19.4. The number of H-pyrrole nitrogens is 1. The van der Waals surface area contributed by atoms with Gasteiger partial charge in [0.1, 0.15) is 5.75 Å². The minimum atomic E-state index is -0.0713. The number of morpholine rings is 1. The molecule has 3 N–H and O–H groups in total. The molecule has 10 nitrogen and oxygen atoms in total. The predicted molar refractivity (Wildman–Crippen MR) is 150 cm³/mol. The minimum absolute atomic E-state index is 0.0713. The molecule has 5 aromatic rings. The number of aromatic nitrogens is 4. The largest absolute Gasteiger partial charge is 0.496 e. The molecule has 0 atom stereocenters. The summed E-state index contributed by atoms with van der Waals surface area (Å²) in [5.41, 5.74) is 4.81. The topological polar surface area (TPSA) is 118 Å². The summed E-state index contributed by atoms with van der Waals surface area (Å²) < 4.78 is 16.9. The Morgan fingerprint density at radius 1 is 0.974 bits per heavy atom. The van der Waals surface area contributed by atoms with Crippen LogP contribution in [0.1, 0.15) is 11.1 Å². The van der Waals surface area contributed by atoms with E-state index in [9.17, 15) is 5.11 Å². The van der Waals surface area contributed by atoms with Crippen LogP contribution in [0.15, 0.2) is 60.7 Å². The quantitative estimate of drug-likeness (QED) is 0.260. The number of para-hydroxylation sites is 1. The highest BCUT2D eigenvalue weighted by molar-refractivity contribution is 6.08. The summed E-state index contributed by atoms with van der Waals surface area (Å²) in [5.74, 6) is 1.62. The second kappa shape index (κ2) is 11.1. The van der Waals surface area contributed by atoms with Crippen LogP contribution in [0.5, 0.6) is 11.8 Å². The number of nitrogens with zero attached hydrogens (tertiary/aromatic N) is 4. The van der Waals surface area contributed by atoms with Crippen molar-refractivity contribution in [2.45, 2.75) is 13.0 Å². The lowest BCUT2D eigenvalue weighted by atomic mass is 10.1. The van der Waals surface area contributed by atoms with E-state index in [0.717, 1.165) is 38.6 Å². The van der Waals surface area contributed by atoms with E-state index in [1.165, 1.54) is 0 Å². The van der Waals surface area contributed by atoms with Crippen molar-refractivity contribution in [1.82, 2.24) is 19.9 Å². The van der Waals surface area contributed by atoms with Gasteiger partial charge in [0.05, 0.1) is 33.5 Å². The van der Waals surface area contributed by atoms with Crippen molar-refractivity contribution in [3.63, 3.8) is 0 Å². The van der Waals surface area contributed by atoms with Crippen LogP contribution < -0.4 is 19.7 Å². The summed E-state index contributed by atoms with van der Waals surface area (Å²) in [5, 5.41) is 15.1. The zero-order valence-corrected chi connectivity index (χ0v) is 21.7. The molecular weight excluding hydrogens is 496 g/mol. The number of hydrogen-bond acceptors (Lipinski definition) is 9. The molecule has 1 saturated heterocycles. The molecule has 200 valence electrons. The Kier molecular flexibility index (Phi) is 7.11. The molecule has 0 unspecified atom stereocenters. The summed E-state index contributed by atoms with van der Waals surface area (Å²) in [7, 11) is 1.59. The van der Waals surface area contributed by atoms with E-state index in [-0.39, 0.29) is 12.6 Å². The smallest absolute Gasteiger partial charge is 0.323 e. The molecule has 3 aromatic carbocycles. The number of aromatic amines is 1. The van der Waals surface area contributed by atoms with Gasteiger partial charge in [-0.2, -0.15) is 15.0 Å². The van der Waals surface area contributed by atoms with Crippen molar-refractivity contribution in [1.29, 1.82) is 0 Å². The molecule has 3 heterocycles. The first-order valence-corrected chi connectivity index (χ1v) is 13.0. The van der Waals surface area contributed by atoms with E-state index in [2.05, 4.69) is 49.4 Å². The number of anilines is 3. The zero-order valence-electron chi connectivity index (χ0n) is 21.7. The van der Waals surface area contributed by atoms with E-state index < -0.39 is 0 Å².